The Hall–Kier alpha value is -0.870. The van der Waals surface area contributed by atoms with E-state index in [9.17, 15) is 4.79 Å². The summed E-state index contributed by atoms with van der Waals surface area (Å²) in [5, 5.41) is 2.38. The molecule has 1 amide bonds. The molecule has 0 aliphatic heterocycles. The smallest absolute Gasteiger partial charge is 0.244 e. The second kappa shape index (κ2) is 4.05. The van der Waals surface area contributed by atoms with Crippen LogP contribution in [0.5, 0.6) is 0 Å². The summed E-state index contributed by atoms with van der Waals surface area (Å²) in [6.07, 6.45) is 0.686. The monoisotopic (exact) mass is 129 g/mol. The van der Waals surface area contributed by atoms with E-state index < -0.39 is 6.17 Å². The maximum absolute atomic E-state index is 10.4. The van der Waals surface area contributed by atoms with Crippen LogP contribution < -0.4 is 16.8 Å². The Bertz CT molecular complexity index is 113. The van der Waals surface area contributed by atoms with Gasteiger partial charge in [0.2, 0.25) is 5.91 Å². The molecular formula is C5H11N3O. The predicted octanol–water partition coefficient (Wildman–Crippen LogP) is -1.47. The van der Waals surface area contributed by atoms with Gasteiger partial charge in [0.15, 0.2) is 0 Å². The number of amides is 1. The van der Waals surface area contributed by atoms with Gasteiger partial charge in [0.25, 0.3) is 0 Å². The zero-order valence-electron chi connectivity index (χ0n) is 5.13. The zero-order chi connectivity index (χ0) is 7.28. The zero-order valence-corrected chi connectivity index (χ0v) is 5.13. The number of hydrogen-bond acceptors (Lipinski definition) is 3. The van der Waals surface area contributed by atoms with Gasteiger partial charge < -0.3 is 16.8 Å². The molecule has 0 aromatic carbocycles. The molecule has 0 radical (unpaired) electrons. The molecule has 4 nitrogen and oxygen atoms in total. The van der Waals surface area contributed by atoms with Gasteiger partial charge in [-0.3, -0.25) is 4.79 Å². The van der Waals surface area contributed by atoms with Crippen molar-refractivity contribution in [3.8, 4) is 0 Å². The van der Waals surface area contributed by atoms with Crippen LogP contribution in [0.15, 0.2) is 12.7 Å². The molecule has 0 fully saturated rings. The Morgan fingerprint density at radius 2 is 2.44 bits per heavy atom. The van der Waals surface area contributed by atoms with E-state index in [-0.39, 0.29) is 12.5 Å². The summed E-state index contributed by atoms with van der Waals surface area (Å²) in [6.45, 7) is 3.48. The molecule has 9 heavy (non-hydrogen) atoms. The van der Waals surface area contributed by atoms with Crippen molar-refractivity contribution in [3.63, 3.8) is 0 Å². The summed E-state index contributed by atoms with van der Waals surface area (Å²) < 4.78 is 0. The van der Waals surface area contributed by atoms with Crippen LogP contribution in [0, 0.1) is 0 Å². The maximum atomic E-state index is 10.4. The Labute approximate surface area is 53.9 Å². The summed E-state index contributed by atoms with van der Waals surface area (Å²) in [4.78, 5) is 10.4. The molecule has 0 heterocycles. The normalized spacial score (nSPS) is 12.2. The molecule has 0 saturated carbocycles. The van der Waals surface area contributed by atoms with Crippen LogP contribution in [0.25, 0.3) is 0 Å². The third-order valence-electron chi connectivity index (χ3n) is 0.767. The fourth-order valence-electron chi connectivity index (χ4n) is 0.301. The highest BCUT2D eigenvalue weighted by molar-refractivity contribution is 5.87. The number of nitrogens with one attached hydrogen (secondary N) is 1. The molecule has 0 aliphatic carbocycles. The van der Waals surface area contributed by atoms with Gasteiger partial charge in [0, 0.05) is 6.54 Å². The minimum atomic E-state index is -0.463. The summed E-state index contributed by atoms with van der Waals surface area (Å²) in [6, 6.07) is 0. The van der Waals surface area contributed by atoms with E-state index in [0.717, 1.165) is 6.08 Å². The maximum Gasteiger partial charge on any atom is 0.244 e. The molecule has 0 aromatic rings. The van der Waals surface area contributed by atoms with Crippen LogP contribution in [0.4, 0.5) is 0 Å². The average molecular weight is 129 g/mol. The first-order valence-corrected chi connectivity index (χ1v) is 2.59. The second-order valence-electron chi connectivity index (χ2n) is 1.55. The number of nitrogens with two attached hydrogens (primary N) is 2. The molecule has 0 aliphatic rings. The van der Waals surface area contributed by atoms with Crippen molar-refractivity contribution < 1.29 is 4.79 Å². The fraction of sp³-hybridized carbons (Fsp3) is 0.400. The van der Waals surface area contributed by atoms with Gasteiger partial charge in [-0.05, 0) is 6.08 Å². The van der Waals surface area contributed by atoms with Gasteiger partial charge in [-0.1, -0.05) is 6.58 Å². The van der Waals surface area contributed by atoms with Crippen LogP contribution in [-0.2, 0) is 4.79 Å². The molecule has 0 rings (SSSR count). The first-order valence-electron chi connectivity index (χ1n) is 2.59. The van der Waals surface area contributed by atoms with Crippen LogP contribution in [0.2, 0.25) is 0 Å². The third-order valence-corrected chi connectivity index (χ3v) is 0.767. The lowest BCUT2D eigenvalue weighted by molar-refractivity contribution is -0.117. The summed E-state index contributed by atoms with van der Waals surface area (Å²) >= 11 is 0. The van der Waals surface area contributed by atoms with Crippen LogP contribution in [0.3, 0.4) is 0 Å². The van der Waals surface area contributed by atoms with Gasteiger partial charge in [0.1, 0.15) is 0 Å². The molecule has 52 valence electrons. The molecular weight excluding hydrogens is 118 g/mol. The quantitative estimate of drug-likeness (QED) is 0.321. The van der Waals surface area contributed by atoms with Crippen molar-refractivity contribution in [2.24, 2.45) is 11.5 Å². The molecule has 0 saturated heterocycles. The van der Waals surface area contributed by atoms with Crippen molar-refractivity contribution in [1.82, 2.24) is 5.32 Å². The second-order valence-corrected chi connectivity index (χ2v) is 1.55. The molecule has 5 N–H and O–H groups in total. The van der Waals surface area contributed by atoms with E-state index in [0.29, 0.717) is 0 Å². The summed E-state index contributed by atoms with van der Waals surface area (Å²) in [5.74, 6) is -0.298. The summed E-state index contributed by atoms with van der Waals surface area (Å²) in [5.41, 5.74) is 10.3. The average Bonchev–Trinajstić information content (AvgIpc) is 1.87. The third kappa shape index (κ3) is 3.69. The minimum Gasteiger partial charge on any atom is -0.336 e. The highest BCUT2D eigenvalue weighted by atomic mass is 16.1. The lowest BCUT2D eigenvalue weighted by atomic mass is 10.5. The van der Waals surface area contributed by atoms with Crippen molar-refractivity contribution >= 4 is 5.91 Å². The lowest BCUT2D eigenvalue weighted by Crippen LogP contribution is -2.45. The Balaban J connectivity index is 3.46. The SMILES string of the molecule is C=CC(=O)NC(N)CN. The Morgan fingerprint density at radius 3 is 2.78 bits per heavy atom. The van der Waals surface area contributed by atoms with Gasteiger partial charge in [-0.2, -0.15) is 0 Å². The van der Waals surface area contributed by atoms with Crippen molar-refractivity contribution in [3.05, 3.63) is 12.7 Å². The molecule has 0 bridgehead atoms. The van der Waals surface area contributed by atoms with Crippen molar-refractivity contribution in [2.75, 3.05) is 6.54 Å². The summed E-state index contributed by atoms with van der Waals surface area (Å²) in [7, 11) is 0. The Kier molecular flexibility index (Phi) is 3.66. The topological polar surface area (TPSA) is 81.1 Å². The van der Waals surface area contributed by atoms with E-state index in [4.69, 9.17) is 11.5 Å². The van der Waals surface area contributed by atoms with Gasteiger partial charge >= 0.3 is 0 Å². The highest BCUT2D eigenvalue weighted by Gasteiger charge is 1.98. The van der Waals surface area contributed by atoms with Crippen LogP contribution in [0.1, 0.15) is 0 Å². The van der Waals surface area contributed by atoms with E-state index >= 15 is 0 Å². The van der Waals surface area contributed by atoms with Gasteiger partial charge in [-0.15, -0.1) is 0 Å². The highest BCUT2D eigenvalue weighted by Crippen LogP contribution is 1.68. The van der Waals surface area contributed by atoms with E-state index in [1.54, 1.807) is 0 Å². The minimum absolute atomic E-state index is 0.236. The number of carbonyl (C=O) groups is 1. The predicted molar refractivity (Wildman–Crippen MR) is 35.4 cm³/mol. The first-order chi connectivity index (χ1) is 4.20. The van der Waals surface area contributed by atoms with Crippen LogP contribution in [-0.4, -0.2) is 18.6 Å². The van der Waals surface area contributed by atoms with E-state index in [1.165, 1.54) is 0 Å². The molecule has 1 unspecified atom stereocenters. The van der Waals surface area contributed by atoms with E-state index in [1.807, 2.05) is 0 Å². The first kappa shape index (κ1) is 8.13. The Morgan fingerprint density at radius 1 is 1.89 bits per heavy atom. The lowest BCUT2D eigenvalue weighted by Gasteiger charge is -2.07. The van der Waals surface area contributed by atoms with Crippen LogP contribution >= 0.6 is 0 Å². The van der Waals surface area contributed by atoms with Gasteiger partial charge in [-0.25, -0.2) is 0 Å². The van der Waals surface area contributed by atoms with Crippen molar-refractivity contribution in [1.29, 1.82) is 0 Å². The molecule has 0 spiro atoms. The van der Waals surface area contributed by atoms with Crippen molar-refractivity contribution in [2.45, 2.75) is 6.17 Å². The molecule has 4 heteroatoms. The molecule has 0 aromatic heterocycles. The largest absolute Gasteiger partial charge is 0.336 e. The number of hydrogen-bond donors (Lipinski definition) is 3. The number of rotatable bonds is 3. The number of carbonyl (C=O) groups excluding carboxylic acids is 1. The van der Waals surface area contributed by atoms with E-state index in [2.05, 4.69) is 11.9 Å². The molecule has 1 atom stereocenters. The van der Waals surface area contributed by atoms with Gasteiger partial charge in [0.05, 0.1) is 6.17 Å². The standard InChI is InChI=1S/C5H11N3O/c1-2-5(9)8-4(7)3-6/h2,4H,1,3,6-7H2,(H,8,9). The fourth-order valence-corrected chi connectivity index (χ4v) is 0.301.